The number of rotatable bonds is 2. The predicted molar refractivity (Wildman–Crippen MR) is 69.9 cm³/mol. The first-order valence-electron chi connectivity index (χ1n) is 6.14. The lowest BCUT2D eigenvalue weighted by molar-refractivity contribution is 0.171. The summed E-state index contributed by atoms with van der Waals surface area (Å²) in [6.07, 6.45) is 0. The zero-order valence-electron chi connectivity index (χ0n) is 10.3. The number of nitrogens with two attached hydrogens (primary N) is 1. The lowest BCUT2D eigenvalue weighted by atomic mass is 9.99. The number of ether oxygens (including phenoxy) is 2. The van der Waals surface area contributed by atoms with Crippen LogP contribution in [0.25, 0.3) is 0 Å². The van der Waals surface area contributed by atoms with Gasteiger partial charge in [-0.3, -0.25) is 0 Å². The van der Waals surface area contributed by atoms with E-state index >= 15 is 0 Å². The molecule has 2 aromatic rings. The minimum Gasteiger partial charge on any atom is -0.486 e. The van der Waals surface area contributed by atoms with Gasteiger partial charge >= 0.3 is 0 Å². The number of halogens is 1. The van der Waals surface area contributed by atoms with Crippen LogP contribution < -0.4 is 15.2 Å². The lowest BCUT2D eigenvalue weighted by Gasteiger charge is -2.20. The van der Waals surface area contributed by atoms with Gasteiger partial charge in [-0.1, -0.05) is 18.2 Å². The predicted octanol–water partition coefficient (Wildman–Crippen LogP) is 2.65. The van der Waals surface area contributed by atoms with Gasteiger partial charge in [0.1, 0.15) is 19.0 Å². The Hall–Kier alpha value is -2.07. The Balaban J connectivity index is 1.91. The molecule has 1 aliphatic rings. The highest BCUT2D eigenvalue weighted by atomic mass is 19.1. The van der Waals surface area contributed by atoms with E-state index in [1.807, 2.05) is 18.2 Å². The molecule has 1 unspecified atom stereocenters. The highest BCUT2D eigenvalue weighted by Crippen LogP contribution is 2.33. The van der Waals surface area contributed by atoms with Crippen molar-refractivity contribution in [2.75, 3.05) is 13.2 Å². The molecule has 0 aromatic heterocycles. The zero-order valence-corrected chi connectivity index (χ0v) is 10.3. The van der Waals surface area contributed by atoms with Gasteiger partial charge in [-0.15, -0.1) is 0 Å². The standard InChI is InChI=1S/C15H14FNO2/c16-12-4-1-10(2-5-12)15(17)11-3-6-13-14(9-11)19-8-7-18-13/h1-6,9,15H,7-8,17H2. The van der Waals surface area contributed by atoms with E-state index in [-0.39, 0.29) is 11.9 Å². The second-order valence-corrected chi connectivity index (χ2v) is 4.43. The topological polar surface area (TPSA) is 44.5 Å². The van der Waals surface area contributed by atoms with Gasteiger partial charge in [0.25, 0.3) is 0 Å². The van der Waals surface area contributed by atoms with Gasteiger partial charge in [-0.25, -0.2) is 4.39 Å². The van der Waals surface area contributed by atoms with Gasteiger partial charge < -0.3 is 15.2 Å². The van der Waals surface area contributed by atoms with Crippen molar-refractivity contribution < 1.29 is 13.9 Å². The molecule has 2 N–H and O–H groups in total. The maximum absolute atomic E-state index is 12.9. The normalized spacial score (nSPS) is 15.1. The molecular formula is C15H14FNO2. The fourth-order valence-corrected chi connectivity index (χ4v) is 2.12. The Bertz CT molecular complexity index is 583. The smallest absolute Gasteiger partial charge is 0.161 e. The summed E-state index contributed by atoms with van der Waals surface area (Å²) >= 11 is 0. The van der Waals surface area contributed by atoms with E-state index in [2.05, 4.69) is 0 Å². The van der Waals surface area contributed by atoms with Gasteiger partial charge in [0.2, 0.25) is 0 Å². The number of hydrogen-bond acceptors (Lipinski definition) is 3. The summed E-state index contributed by atoms with van der Waals surface area (Å²) in [6, 6.07) is 11.5. The highest BCUT2D eigenvalue weighted by Gasteiger charge is 2.15. The monoisotopic (exact) mass is 259 g/mol. The quantitative estimate of drug-likeness (QED) is 0.901. The summed E-state index contributed by atoms with van der Waals surface area (Å²) in [5, 5.41) is 0. The van der Waals surface area contributed by atoms with E-state index in [1.165, 1.54) is 12.1 Å². The van der Waals surface area contributed by atoms with Gasteiger partial charge in [0, 0.05) is 0 Å². The van der Waals surface area contributed by atoms with Crippen LogP contribution in [0.1, 0.15) is 17.2 Å². The molecule has 19 heavy (non-hydrogen) atoms. The van der Waals surface area contributed by atoms with Crippen LogP contribution in [-0.2, 0) is 0 Å². The van der Waals surface area contributed by atoms with Gasteiger partial charge in [-0.05, 0) is 35.4 Å². The second-order valence-electron chi connectivity index (χ2n) is 4.43. The minimum atomic E-state index is -0.309. The molecular weight excluding hydrogens is 245 g/mol. The first-order valence-corrected chi connectivity index (χ1v) is 6.14. The van der Waals surface area contributed by atoms with Crippen LogP contribution in [0.4, 0.5) is 4.39 Å². The summed E-state index contributed by atoms with van der Waals surface area (Å²) in [5.74, 6) is 1.18. The molecule has 2 aromatic carbocycles. The van der Waals surface area contributed by atoms with Crippen molar-refractivity contribution in [3.8, 4) is 11.5 Å². The molecule has 0 saturated heterocycles. The summed E-state index contributed by atoms with van der Waals surface area (Å²) in [5.41, 5.74) is 7.95. The number of benzene rings is 2. The van der Waals surface area contributed by atoms with Crippen molar-refractivity contribution in [3.63, 3.8) is 0 Å². The molecule has 0 spiro atoms. The third-order valence-electron chi connectivity index (χ3n) is 3.15. The molecule has 0 radical (unpaired) electrons. The van der Waals surface area contributed by atoms with Gasteiger partial charge in [0.15, 0.2) is 11.5 Å². The Morgan fingerprint density at radius 3 is 2.26 bits per heavy atom. The van der Waals surface area contributed by atoms with Crippen molar-refractivity contribution in [1.82, 2.24) is 0 Å². The molecule has 3 nitrogen and oxygen atoms in total. The maximum atomic E-state index is 12.9. The van der Waals surface area contributed by atoms with E-state index in [4.69, 9.17) is 15.2 Å². The van der Waals surface area contributed by atoms with E-state index < -0.39 is 0 Å². The number of fused-ring (bicyclic) bond motifs is 1. The molecule has 1 heterocycles. The van der Waals surface area contributed by atoms with Gasteiger partial charge in [0.05, 0.1) is 6.04 Å². The molecule has 98 valence electrons. The average molecular weight is 259 g/mol. The Morgan fingerprint density at radius 1 is 0.895 bits per heavy atom. The van der Waals surface area contributed by atoms with Crippen LogP contribution >= 0.6 is 0 Å². The third kappa shape index (κ3) is 2.39. The van der Waals surface area contributed by atoms with Crippen molar-refractivity contribution in [2.45, 2.75) is 6.04 Å². The lowest BCUT2D eigenvalue weighted by Crippen LogP contribution is -2.17. The van der Waals surface area contributed by atoms with Crippen molar-refractivity contribution in [2.24, 2.45) is 5.73 Å². The summed E-state index contributed by atoms with van der Waals surface area (Å²) in [6.45, 7) is 1.11. The largest absolute Gasteiger partial charge is 0.486 e. The third-order valence-corrected chi connectivity index (χ3v) is 3.15. The van der Waals surface area contributed by atoms with Crippen LogP contribution in [0.3, 0.4) is 0 Å². The van der Waals surface area contributed by atoms with Crippen LogP contribution in [0.2, 0.25) is 0 Å². The van der Waals surface area contributed by atoms with Crippen LogP contribution in [0.15, 0.2) is 42.5 Å². The van der Waals surface area contributed by atoms with Crippen molar-refractivity contribution in [1.29, 1.82) is 0 Å². The highest BCUT2D eigenvalue weighted by molar-refractivity contribution is 5.46. The SMILES string of the molecule is NC(c1ccc(F)cc1)c1ccc2c(c1)OCCO2. The second kappa shape index (κ2) is 4.90. The fourth-order valence-electron chi connectivity index (χ4n) is 2.12. The van der Waals surface area contributed by atoms with Crippen molar-refractivity contribution >= 4 is 0 Å². The first kappa shape index (κ1) is 12.0. The summed E-state index contributed by atoms with van der Waals surface area (Å²) < 4.78 is 23.9. The van der Waals surface area contributed by atoms with Crippen LogP contribution in [0, 0.1) is 5.82 Å². The zero-order chi connectivity index (χ0) is 13.2. The van der Waals surface area contributed by atoms with E-state index in [0.717, 1.165) is 16.9 Å². The van der Waals surface area contributed by atoms with E-state index in [1.54, 1.807) is 12.1 Å². The summed E-state index contributed by atoms with van der Waals surface area (Å²) in [4.78, 5) is 0. The number of hydrogen-bond donors (Lipinski definition) is 1. The molecule has 3 rings (SSSR count). The Labute approximate surface area is 110 Å². The minimum absolute atomic E-state index is 0.266. The van der Waals surface area contributed by atoms with Crippen LogP contribution in [-0.4, -0.2) is 13.2 Å². The van der Waals surface area contributed by atoms with E-state index in [0.29, 0.717) is 19.0 Å². The molecule has 0 bridgehead atoms. The van der Waals surface area contributed by atoms with Gasteiger partial charge in [-0.2, -0.15) is 0 Å². The molecule has 0 amide bonds. The van der Waals surface area contributed by atoms with Crippen molar-refractivity contribution in [3.05, 3.63) is 59.4 Å². The molecule has 1 atom stereocenters. The molecule has 4 heteroatoms. The Kier molecular flexibility index (Phi) is 3.09. The molecule has 0 fully saturated rings. The summed E-state index contributed by atoms with van der Waals surface area (Å²) in [7, 11) is 0. The molecule has 1 aliphatic heterocycles. The van der Waals surface area contributed by atoms with Crippen LogP contribution in [0.5, 0.6) is 11.5 Å². The maximum Gasteiger partial charge on any atom is 0.161 e. The molecule has 0 aliphatic carbocycles. The van der Waals surface area contributed by atoms with E-state index in [9.17, 15) is 4.39 Å². The Morgan fingerprint density at radius 2 is 1.53 bits per heavy atom. The first-order chi connectivity index (χ1) is 9.24. The average Bonchev–Trinajstić information content (AvgIpc) is 2.47. The molecule has 0 saturated carbocycles. The fraction of sp³-hybridized carbons (Fsp3) is 0.200.